The largest absolute Gasteiger partial charge is 1.00 e. The minimum Gasteiger partial charge on any atom is -1.00 e. The second-order valence-electron chi connectivity index (χ2n) is 3.50. The third-order valence-electron chi connectivity index (χ3n) is 2.29. The molecular weight excluding hydrogens is 208 g/mol. The Morgan fingerprint density at radius 3 is 2.40 bits per heavy atom. The molecule has 0 aliphatic heterocycles. The van der Waals surface area contributed by atoms with Crippen LogP contribution in [0.3, 0.4) is 0 Å². The highest BCUT2D eigenvalue weighted by Gasteiger charge is 1.99. The summed E-state index contributed by atoms with van der Waals surface area (Å²) in [5.74, 6) is 0. The van der Waals surface area contributed by atoms with Crippen molar-refractivity contribution in [3.8, 4) is 6.07 Å². The maximum Gasteiger partial charge on any atom is 0.170 e. The van der Waals surface area contributed by atoms with Crippen LogP contribution in [0.15, 0.2) is 24.5 Å². The standard InChI is InChI=1S/C12H17N2.ClH/c1-2-3-4-5-8-14-9-6-12(11-13)7-10-14;/h6-7,9-10H,2-5,8H2,1H3;1H/q+1;/p-1. The first-order valence-electron chi connectivity index (χ1n) is 5.26. The Balaban J connectivity index is 0.00000196. The normalized spacial score (nSPS) is 9.07. The van der Waals surface area contributed by atoms with E-state index in [0.29, 0.717) is 0 Å². The van der Waals surface area contributed by atoms with Gasteiger partial charge in [-0.25, -0.2) is 4.57 Å². The van der Waals surface area contributed by atoms with Gasteiger partial charge >= 0.3 is 0 Å². The smallest absolute Gasteiger partial charge is 0.170 e. The lowest BCUT2D eigenvalue weighted by atomic mass is 10.2. The molecule has 1 aromatic rings. The molecule has 1 aromatic heterocycles. The molecule has 0 amide bonds. The summed E-state index contributed by atoms with van der Waals surface area (Å²) in [7, 11) is 0. The van der Waals surface area contributed by atoms with E-state index in [9.17, 15) is 0 Å². The molecule has 0 radical (unpaired) electrons. The number of hydrogen-bond donors (Lipinski definition) is 0. The van der Waals surface area contributed by atoms with Gasteiger partial charge in [0.1, 0.15) is 6.54 Å². The first kappa shape index (κ1) is 13.9. The number of unbranched alkanes of at least 4 members (excludes halogenated alkanes) is 3. The monoisotopic (exact) mass is 224 g/mol. The number of halogens is 1. The van der Waals surface area contributed by atoms with Gasteiger partial charge in [-0.3, -0.25) is 0 Å². The molecule has 0 saturated carbocycles. The van der Waals surface area contributed by atoms with Gasteiger partial charge in [0.25, 0.3) is 0 Å². The summed E-state index contributed by atoms with van der Waals surface area (Å²) in [5, 5.41) is 8.62. The minimum absolute atomic E-state index is 0. The third kappa shape index (κ3) is 5.39. The van der Waals surface area contributed by atoms with Crippen LogP contribution in [-0.4, -0.2) is 0 Å². The quantitative estimate of drug-likeness (QED) is 0.486. The summed E-state index contributed by atoms with van der Waals surface area (Å²) in [4.78, 5) is 0. The molecular formula is C12H17ClN2. The number of nitriles is 1. The van der Waals surface area contributed by atoms with E-state index in [2.05, 4.69) is 17.6 Å². The summed E-state index contributed by atoms with van der Waals surface area (Å²) in [6.07, 6.45) is 9.07. The summed E-state index contributed by atoms with van der Waals surface area (Å²) in [6.45, 7) is 3.28. The molecule has 0 aliphatic rings. The second-order valence-corrected chi connectivity index (χ2v) is 3.50. The Morgan fingerprint density at radius 1 is 1.20 bits per heavy atom. The molecule has 0 unspecified atom stereocenters. The van der Waals surface area contributed by atoms with Gasteiger partial charge in [-0.1, -0.05) is 19.8 Å². The summed E-state index contributed by atoms with van der Waals surface area (Å²) < 4.78 is 2.14. The highest BCUT2D eigenvalue weighted by molar-refractivity contribution is 5.23. The molecule has 1 heterocycles. The fourth-order valence-electron chi connectivity index (χ4n) is 1.40. The van der Waals surface area contributed by atoms with Gasteiger partial charge in [-0.05, 0) is 6.42 Å². The van der Waals surface area contributed by atoms with E-state index >= 15 is 0 Å². The van der Waals surface area contributed by atoms with Crippen LogP contribution < -0.4 is 17.0 Å². The summed E-state index contributed by atoms with van der Waals surface area (Å²) >= 11 is 0. The van der Waals surface area contributed by atoms with Crippen LogP contribution in [0, 0.1) is 11.3 Å². The molecule has 82 valence electrons. The Bertz CT molecular complexity index is 300. The lowest BCUT2D eigenvalue weighted by Gasteiger charge is -1.96. The van der Waals surface area contributed by atoms with Crippen LogP contribution in [0.4, 0.5) is 0 Å². The maximum atomic E-state index is 8.62. The fraction of sp³-hybridized carbons (Fsp3) is 0.500. The van der Waals surface area contributed by atoms with E-state index in [4.69, 9.17) is 5.26 Å². The highest BCUT2D eigenvalue weighted by atomic mass is 35.5. The summed E-state index contributed by atoms with van der Waals surface area (Å²) in [5.41, 5.74) is 0.731. The van der Waals surface area contributed by atoms with Gasteiger partial charge in [0.05, 0.1) is 11.6 Å². The zero-order valence-electron chi connectivity index (χ0n) is 9.12. The predicted molar refractivity (Wildman–Crippen MR) is 55.5 cm³/mol. The molecule has 2 nitrogen and oxygen atoms in total. The number of nitrogens with zero attached hydrogens (tertiary/aromatic N) is 2. The molecule has 0 atom stereocenters. The van der Waals surface area contributed by atoms with Gasteiger partial charge < -0.3 is 12.4 Å². The first-order valence-corrected chi connectivity index (χ1v) is 5.26. The molecule has 0 spiro atoms. The van der Waals surface area contributed by atoms with Crippen molar-refractivity contribution in [2.45, 2.75) is 39.2 Å². The highest BCUT2D eigenvalue weighted by Crippen LogP contribution is 1.98. The average Bonchev–Trinajstić information content (AvgIpc) is 2.25. The third-order valence-corrected chi connectivity index (χ3v) is 2.29. The van der Waals surface area contributed by atoms with Gasteiger partial charge in [0, 0.05) is 18.6 Å². The lowest BCUT2D eigenvalue weighted by molar-refractivity contribution is -0.697. The van der Waals surface area contributed by atoms with E-state index in [-0.39, 0.29) is 12.4 Å². The number of aryl methyl sites for hydroxylation is 1. The van der Waals surface area contributed by atoms with Crippen molar-refractivity contribution in [1.82, 2.24) is 0 Å². The van der Waals surface area contributed by atoms with E-state index in [1.165, 1.54) is 25.7 Å². The van der Waals surface area contributed by atoms with Gasteiger partial charge in [-0.2, -0.15) is 5.26 Å². The van der Waals surface area contributed by atoms with E-state index in [0.717, 1.165) is 12.1 Å². The number of pyridine rings is 1. The first-order chi connectivity index (χ1) is 6.86. The van der Waals surface area contributed by atoms with Crippen molar-refractivity contribution < 1.29 is 17.0 Å². The van der Waals surface area contributed by atoms with E-state index < -0.39 is 0 Å². The molecule has 3 heteroatoms. The molecule has 1 rings (SSSR count). The van der Waals surface area contributed by atoms with E-state index in [1.807, 2.05) is 24.5 Å². The van der Waals surface area contributed by atoms with E-state index in [1.54, 1.807) is 0 Å². The van der Waals surface area contributed by atoms with Gasteiger partial charge in [0.15, 0.2) is 12.4 Å². The molecule has 0 fully saturated rings. The van der Waals surface area contributed by atoms with Crippen LogP contribution in [0.25, 0.3) is 0 Å². The van der Waals surface area contributed by atoms with Crippen LogP contribution in [0.5, 0.6) is 0 Å². The molecule has 0 aliphatic carbocycles. The van der Waals surface area contributed by atoms with Crippen molar-refractivity contribution in [3.63, 3.8) is 0 Å². The van der Waals surface area contributed by atoms with Crippen LogP contribution in [-0.2, 0) is 6.54 Å². The van der Waals surface area contributed by atoms with Crippen molar-refractivity contribution in [2.24, 2.45) is 0 Å². The van der Waals surface area contributed by atoms with Crippen molar-refractivity contribution >= 4 is 0 Å². The van der Waals surface area contributed by atoms with Crippen molar-refractivity contribution in [3.05, 3.63) is 30.1 Å². The molecule has 0 saturated heterocycles. The van der Waals surface area contributed by atoms with Crippen LogP contribution in [0.1, 0.15) is 38.2 Å². The van der Waals surface area contributed by atoms with Crippen LogP contribution in [0.2, 0.25) is 0 Å². The average molecular weight is 225 g/mol. The Labute approximate surface area is 98.0 Å². The fourth-order valence-corrected chi connectivity index (χ4v) is 1.40. The predicted octanol–water partition coefficient (Wildman–Crippen LogP) is -0.570. The Hall–Kier alpha value is -1.07. The van der Waals surface area contributed by atoms with Crippen molar-refractivity contribution in [2.75, 3.05) is 0 Å². The molecule has 0 aromatic carbocycles. The Kier molecular flexibility index (Phi) is 7.67. The minimum atomic E-state index is 0. The lowest BCUT2D eigenvalue weighted by Crippen LogP contribution is -3.00. The summed E-state index contributed by atoms with van der Waals surface area (Å²) in [6, 6.07) is 5.84. The SMILES string of the molecule is CCCCCC[n+]1ccc(C#N)cc1.[Cl-]. The van der Waals surface area contributed by atoms with Crippen LogP contribution >= 0.6 is 0 Å². The molecule has 0 N–H and O–H groups in total. The van der Waals surface area contributed by atoms with Gasteiger partial charge in [-0.15, -0.1) is 0 Å². The van der Waals surface area contributed by atoms with Crippen molar-refractivity contribution in [1.29, 1.82) is 5.26 Å². The Morgan fingerprint density at radius 2 is 1.87 bits per heavy atom. The number of hydrogen-bond acceptors (Lipinski definition) is 1. The number of aromatic nitrogens is 1. The molecule has 15 heavy (non-hydrogen) atoms. The maximum absolute atomic E-state index is 8.62. The number of rotatable bonds is 5. The zero-order valence-corrected chi connectivity index (χ0v) is 9.87. The van der Waals surface area contributed by atoms with Gasteiger partial charge in [0.2, 0.25) is 0 Å². The topological polar surface area (TPSA) is 27.7 Å². The molecule has 0 bridgehead atoms. The zero-order chi connectivity index (χ0) is 10.2. The second kappa shape index (κ2) is 8.26.